The highest BCUT2D eigenvalue weighted by Gasteiger charge is 2.26. The molecule has 0 aromatic carbocycles. The van der Waals surface area contributed by atoms with Crippen molar-refractivity contribution in [2.75, 3.05) is 5.75 Å². The molecule has 1 atom stereocenters. The van der Waals surface area contributed by atoms with Crippen LogP contribution in [0.5, 0.6) is 0 Å². The first-order valence-corrected chi connectivity index (χ1v) is 4.63. The van der Waals surface area contributed by atoms with E-state index < -0.39 is 10.1 Å². The van der Waals surface area contributed by atoms with Crippen molar-refractivity contribution >= 4 is 10.1 Å². The highest BCUT2D eigenvalue weighted by molar-refractivity contribution is 7.86. The topological polar surface area (TPSA) is 43.4 Å². The van der Waals surface area contributed by atoms with Crippen molar-refractivity contribution in [3.8, 4) is 0 Å². The van der Waals surface area contributed by atoms with Crippen LogP contribution in [0.2, 0.25) is 0 Å². The first-order valence-electron chi connectivity index (χ1n) is 3.05. The van der Waals surface area contributed by atoms with E-state index in [0.29, 0.717) is 6.42 Å². The molecule has 1 fully saturated rings. The first kappa shape index (κ1) is 7.02. The van der Waals surface area contributed by atoms with Gasteiger partial charge in [-0.15, -0.1) is 0 Å². The Morgan fingerprint density at radius 1 is 1.67 bits per heavy atom. The lowest BCUT2D eigenvalue weighted by Gasteiger charge is -1.99. The van der Waals surface area contributed by atoms with Gasteiger partial charge in [-0.05, 0) is 12.8 Å². The van der Waals surface area contributed by atoms with Crippen LogP contribution in [-0.2, 0) is 14.3 Å². The van der Waals surface area contributed by atoms with Gasteiger partial charge >= 0.3 is 0 Å². The van der Waals surface area contributed by atoms with Gasteiger partial charge in [0, 0.05) is 0 Å². The van der Waals surface area contributed by atoms with Crippen molar-refractivity contribution in [1.29, 1.82) is 0 Å². The van der Waals surface area contributed by atoms with Crippen molar-refractivity contribution in [3.63, 3.8) is 0 Å². The molecule has 0 aromatic rings. The molecule has 1 aliphatic heterocycles. The Morgan fingerprint density at radius 2 is 2.33 bits per heavy atom. The molecule has 0 radical (unpaired) electrons. The summed E-state index contributed by atoms with van der Waals surface area (Å²) in [5.41, 5.74) is 0. The van der Waals surface area contributed by atoms with Crippen molar-refractivity contribution in [2.45, 2.75) is 25.9 Å². The standard InChI is InChI=1S/C5H10O3S/c1-2-5-3-4-9(6,7)8-5/h5H,2-4H2,1H3. The molecule has 1 heterocycles. The third-order valence-corrected chi connectivity index (χ3v) is 2.73. The van der Waals surface area contributed by atoms with E-state index in [1.807, 2.05) is 6.92 Å². The fraction of sp³-hybridized carbons (Fsp3) is 1.00. The van der Waals surface area contributed by atoms with Gasteiger partial charge in [-0.3, -0.25) is 4.18 Å². The van der Waals surface area contributed by atoms with E-state index in [1.54, 1.807) is 0 Å². The summed E-state index contributed by atoms with van der Waals surface area (Å²) in [7, 11) is -3.11. The van der Waals surface area contributed by atoms with Crippen LogP contribution in [0.3, 0.4) is 0 Å². The molecule has 0 aromatic heterocycles. The maximum atomic E-state index is 10.6. The van der Waals surface area contributed by atoms with Crippen molar-refractivity contribution in [1.82, 2.24) is 0 Å². The fourth-order valence-corrected chi connectivity index (χ4v) is 2.15. The molecule has 1 unspecified atom stereocenters. The van der Waals surface area contributed by atoms with Gasteiger partial charge in [0.25, 0.3) is 10.1 Å². The Morgan fingerprint density at radius 3 is 2.56 bits per heavy atom. The molecule has 4 heteroatoms. The largest absolute Gasteiger partial charge is 0.267 e. The minimum atomic E-state index is -3.11. The molecule has 3 nitrogen and oxygen atoms in total. The first-order chi connectivity index (χ1) is 4.14. The lowest BCUT2D eigenvalue weighted by Crippen LogP contribution is -2.04. The summed E-state index contributed by atoms with van der Waals surface area (Å²) >= 11 is 0. The summed E-state index contributed by atoms with van der Waals surface area (Å²) in [5.74, 6) is 0.200. The van der Waals surface area contributed by atoms with Crippen LogP contribution in [-0.4, -0.2) is 20.3 Å². The molecular formula is C5H10O3S. The normalized spacial score (nSPS) is 32.8. The summed E-state index contributed by atoms with van der Waals surface area (Å²) in [6.07, 6.45) is 1.41. The summed E-state index contributed by atoms with van der Waals surface area (Å²) in [5, 5.41) is 0. The molecule has 1 aliphatic rings. The van der Waals surface area contributed by atoms with E-state index in [4.69, 9.17) is 0 Å². The Labute approximate surface area is 55.1 Å². The van der Waals surface area contributed by atoms with Gasteiger partial charge in [0.15, 0.2) is 0 Å². The van der Waals surface area contributed by atoms with Crippen LogP contribution < -0.4 is 0 Å². The van der Waals surface area contributed by atoms with Gasteiger partial charge in [-0.2, -0.15) is 8.42 Å². The highest BCUT2D eigenvalue weighted by Crippen LogP contribution is 2.17. The SMILES string of the molecule is CCC1CCS(=O)(=O)O1. The Hall–Kier alpha value is -0.0900. The second-order valence-electron chi connectivity index (χ2n) is 2.18. The number of rotatable bonds is 1. The molecule has 54 valence electrons. The molecular weight excluding hydrogens is 140 g/mol. The van der Waals surface area contributed by atoms with Gasteiger partial charge in [-0.25, -0.2) is 0 Å². The van der Waals surface area contributed by atoms with E-state index >= 15 is 0 Å². The van der Waals surface area contributed by atoms with E-state index in [2.05, 4.69) is 4.18 Å². The van der Waals surface area contributed by atoms with Gasteiger partial charge in [0.2, 0.25) is 0 Å². The smallest absolute Gasteiger partial charge is 0.267 e. The van der Waals surface area contributed by atoms with E-state index in [1.165, 1.54) is 0 Å². The third-order valence-electron chi connectivity index (χ3n) is 1.43. The van der Waals surface area contributed by atoms with Crippen molar-refractivity contribution in [2.24, 2.45) is 0 Å². The molecule has 1 saturated heterocycles. The summed E-state index contributed by atoms with van der Waals surface area (Å²) in [6.45, 7) is 1.92. The summed E-state index contributed by atoms with van der Waals surface area (Å²) < 4.78 is 25.8. The summed E-state index contributed by atoms with van der Waals surface area (Å²) in [6, 6.07) is 0. The predicted octanol–water partition coefficient (Wildman–Crippen LogP) is 0.515. The molecule has 0 N–H and O–H groups in total. The molecule has 0 saturated carbocycles. The van der Waals surface area contributed by atoms with Crippen LogP contribution in [0.4, 0.5) is 0 Å². The van der Waals surface area contributed by atoms with E-state index in [9.17, 15) is 8.42 Å². The van der Waals surface area contributed by atoms with Gasteiger partial charge < -0.3 is 0 Å². The van der Waals surface area contributed by atoms with Gasteiger partial charge in [0.1, 0.15) is 0 Å². The third kappa shape index (κ3) is 1.66. The van der Waals surface area contributed by atoms with Crippen LogP contribution in [0, 0.1) is 0 Å². The van der Waals surface area contributed by atoms with Crippen molar-refractivity contribution < 1.29 is 12.6 Å². The minimum Gasteiger partial charge on any atom is -0.267 e. The predicted molar refractivity (Wildman–Crippen MR) is 33.6 cm³/mol. The molecule has 0 amide bonds. The molecule has 1 rings (SSSR count). The second kappa shape index (κ2) is 2.27. The summed E-state index contributed by atoms with van der Waals surface area (Å²) in [4.78, 5) is 0. The highest BCUT2D eigenvalue weighted by atomic mass is 32.2. The lowest BCUT2D eigenvalue weighted by atomic mass is 10.2. The zero-order chi connectivity index (χ0) is 6.91. The zero-order valence-corrected chi connectivity index (χ0v) is 6.15. The van der Waals surface area contributed by atoms with Gasteiger partial charge in [0.05, 0.1) is 11.9 Å². The van der Waals surface area contributed by atoms with Crippen molar-refractivity contribution in [3.05, 3.63) is 0 Å². The average Bonchev–Trinajstić information content (AvgIpc) is 2.10. The Kier molecular flexibility index (Phi) is 1.77. The second-order valence-corrected chi connectivity index (χ2v) is 3.89. The molecule has 0 aliphatic carbocycles. The zero-order valence-electron chi connectivity index (χ0n) is 5.33. The number of hydrogen-bond donors (Lipinski definition) is 0. The monoisotopic (exact) mass is 150 g/mol. The van der Waals surface area contributed by atoms with Crippen LogP contribution in [0.15, 0.2) is 0 Å². The maximum absolute atomic E-state index is 10.6. The number of hydrogen-bond acceptors (Lipinski definition) is 3. The molecule has 9 heavy (non-hydrogen) atoms. The van der Waals surface area contributed by atoms with Crippen LogP contribution in [0.25, 0.3) is 0 Å². The van der Waals surface area contributed by atoms with E-state index in [0.717, 1.165) is 6.42 Å². The van der Waals surface area contributed by atoms with Gasteiger partial charge in [-0.1, -0.05) is 6.92 Å². The quantitative estimate of drug-likeness (QED) is 0.512. The Balaban J connectivity index is 2.58. The fourth-order valence-electron chi connectivity index (χ4n) is 0.852. The minimum absolute atomic E-state index is 0.0463. The van der Waals surface area contributed by atoms with Crippen LogP contribution in [0.1, 0.15) is 19.8 Å². The average molecular weight is 150 g/mol. The molecule has 0 spiro atoms. The molecule has 0 bridgehead atoms. The van der Waals surface area contributed by atoms with Crippen LogP contribution >= 0.6 is 0 Å². The Bertz CT molecular complexity index is 182. The maximum Gasteiger partial charge on any atom is 0.267 e. The lowest BCUT2D eigenvalue weighted by molar-refractivity contribution is 0.232. The van der Waals surface area contributed by atoms with E-state index in [-0.39, 0.29) is 11.9 Å².